The molecule has 0 N–H and O–H groups in total. The molecule has 0 aromatic rings. The fourth-order valence-electron chi connectivity index (χ4n) is 9.90. The van der Waals surface area contributed by atoms with Crippen molar-refractivity contribution in [2.24, 2.45) is 11.8 Å². The average molecular weight is 990 g/mol. The minimum Gasteiger partial charge on any atom is -0.462 e. The van der Waals surface area contributed by atoms with Gasteiger partial charge in [0.1, 0.15) is 13.2 Å². The largest absolute Gasteiger partial charge is 0.462 e. The van der Waals surface area contributed by atoms with Crippen LogP contribution < -0.4 is 0 Å². The van der Waals surface area contributed by atoms with Gasteiger partial charge in [0, 0.05) is 19.3 Å². The Morgan fingerprint density at radius 1 is 0.300 bits per heavy atom. The van der Waals surface area contributed by atoms with Gasteiger partial charge in [-0.1, -0.05) is 324 Å². The number of ether oxygens (including phenoxy) is 3. The Morgan fingerprint density at radius 3 is 0.814 bits per heavy atom. The number of hydrogen-bond donors (Lipinski definition) is 0. The molecule has 0 saturated heterocycles. The maximum absolute atomic E-state index is 12.9. The molecule has 6 nitrogen and oxygen atoms in total. The molecule has 0 heterocycles. The minimum atomic E-state index is -0.763. The monoisotopic (exact) mass is 989 g/mol. The van der Waals surface area contributed by atoms with Gasteiger partial charge in [-0.2, -0.15) is 0 Å². The van der Waals surface area contributed by atoms with Crippen molar-refractivity contribution in [3.05, 3.63) is 0 Å². The van der Waals surface area contributed by atoms with Crippen LogP contribution in [0.3, 0.4) is 0 Å². The molecule has 0 aromatic carbocycles. The predicted molar refractivity (Wildman–Crippen MR) is 303 cm³/mol. The van der Waals surface area contributed by atoms with Crippen molar-refractivity contribution in [1.82, 2.24) is 0 Å². The van der Waals surface area contributed by atoms with Gasteiger partial charge in [-0.05, 0) is 31.1 Å². The molecule has 0 amide bonds. The van der Waals surface area contributed by atoms with Crippen LogP contribution in [0.25, 0.3) is 0 Å². The zero-order chi connectivity index (χ0) is 51.1. The summed E-state index contributed by atoms with van der Waals surface area (Å²) in [5.74, 6) is 0.895. The van der Waals surface area contributed by atoms with E-state index in [2.05, 4.69) is 34.6 Å². The van der Waals surface area contributed by atoms with Crippen molar-refractivity contribution >= 4 is 17.9 Å². The quantitative estimate of drug-likeness (QED) is 0.0343. The fourth-order valence-corrected chi connectivity index (χ4v) is 9.90. The number of hydrogen-bond acceptors (Lipinski definition) is 6. The molecule has 416 valence electrons. The van der Waals surface area contributed by atoms with E-state index < -0.39 is 6.10 Å². The van der Waals surface area contributed by atoms with E-state index in [-0.39, 0.29) is 31.1 Å². The minimum absolute atomic E-state index is 0.0621. The third kappa shape index (κ3) is 55.7. The highest BCUT2D eigenvalue weighted by Gasteiger charge is 2.19. The molecule has 0 aromatic heterocycles. The Morgan fingerprint density at radius 2 is 0.543 bits per heavy atom. The van der Waals surface area contributed by atoms with Crippen LogP contribution >= 0.6 is 0 Å². The third-order valence-electron chi connectivity index (χ3n) is 15.1. The van der Waals surface area contributed by atoms with Crippen LogP contribution in [0.4, 0.5) is 0 Å². The summed E-state index contributed by atoms with van der Waals surface area (Å²) < 4.78 is 16.9. The summed E-state index contributed by atoms with van der Waals surface area (Å²) in [7, 11) is 0. The van der Waals surface area contributed by atoms with Crippen LogP contribution in [-0.4, -0.2) is 37.2 Å². The van der Waals surface area contributed by atoms with Crippen molar-refractivity contribution in [2.45, 2.75) is 368 Å². The zero-order valence-corrected chi connectivity index (χ0v) is 48.2. The summed E-state index contributed by atoms with van der Waals surface area (Å²) in [5.41, 5.74) is 0. The first-order valence-corrected chi connectivity index (χ1v) is 31.8. The maximum Gasteiger partial charge on any atom is 0.306 e. The molecule has 0 fully saturated rings. The van der Waals surface area contributed by atoms with Gasteiger partial charge in [-0.15, -0.1) is 0 Å². The normalized spacial score (nSPS) is 12.4. The SMILES string of the molecule is CCCCCCCCCCCCCCCCCCCC(=O)O[C@@H](COC(=O)CCCCCCCCCCCCCCCCCCCCC(C)CC)COC(=O)CCCCCCCCCCCCC(C)C. The second-order valence-electron chi connectivity index (χ2n) is 22.8. The van der Waals surface area contributed by atoms with Gasteiger partial charge < -0.3 is 14.2 Å². The first-order chi connectivity index (χ1) is 34.3. The lowest BCUT2D eigenvalue weighted by molar-refractivity contribution is -0.167. The van der Waals surface area contributed by atoms with E-state index in [1.807, 2.05) is 0 Å². The summed E-state index contributed by atoms with van der Waals surface area (Å²) >= 11 is 0. The van der Waals surface area contributed by atoms with Crippen molar-refractivity contribution in [1.29, 1.82) is 0 Å². The number of rotatable bonds is 58. The second-order valence-corrected chi connectivity index (χ2v) is 22.8. The van der Waals surface area contributed by atoms with Gasteiger partial charge in [-0.25, -0.2) is 0 Å². The molecule has 6 heteroatoms. The van der Waals surface area contributed by atoms with Crippen LogP contribution in [0.15, 0.2) is 0 Å². The highest BCUT2D eigenvalue weighted by atomic mass is 16.6. The zero-order valence-electron chi connectivity index (χ0n) is 48.2. The summed E-state index contributed by atoms with van der Waals surface area (Å²) in [6.07, 6.45) is 62.4. The number of carbonyl (C=O) groups is 3. The summed E-state index contributed by atoms with van der Waals surface area (Å²) in [5, 5.41) is 0. The van der Waals surface area contributed by atoms with Gasteiger partial charge in [0.05, 0.1) is 0 Å². The fraction of sp³-hybridized carbons (Fsp3) is 0.953. The van der Waals surface area contributed by atoms with E-state index in [4.69, 9.17) is 14.2 Å². The van der Waals surface area contributed by atoms with Crippen molar-refractivity contribution < 1.29 is 28.6 Å². The highest BCUT2D eigenvalue weighted by Crippen LogP contribution is 2.19. The van der Waals surface area contributed by atoms with Crippen LogP contribution in [0, 0.1) is 11.8 Å². The molecule has 0 aliphatic heterocycles. The van der Waals surface area contributed by atoms with Gasteiger partial charge in [-0.3, -0.25) is 14.4 Å². The molecular weight excluding hydrogens is 865 g/mol. The van der Waals surface area contributed by atoms with E-state index in [1.165, 1.54) is 250 Å². The molecule has 1 unspecified atom stereocenters. The van der Waals surface area contributed by atoms with E-state index in [0.717, 1.165) is 69.6 Å². The lowest BCUT2D eigenvalue weighted by Crippen LogP contribution is -2.30. The Kier molecular flexibility index (Phi) is 55.4. The Bertz CT molecular complexity index is 1070. The van der Waals surface area contributed by atoms with Gasteiger partial charge in [0.25, 0.3) is 0 Å². The Balaban J connectivity index is 4.24. The second kappa shape index (κ2) is 56.7. The first kappa shape index (κ1) is 68.4. The molecule has 0 rings (SSSR count). The molecule has 70 heavy (non-hydrogen) atoms. The molecule has 0 radical (unpaired) electrons. The summed E-state index contributed by atoms with van der Waals surface area (Å²) in [6, 6.07) is 0. The van der Waals surface area contributed by atoms with E-state index >= 15 is 0 Å². The van der Waals surface area contributed by atoms with Crippen LogP contribution in [0.1, 0.15) is 362 Å². The lowest BCUT2D eigenvalue weighted by Gasteiger charge is -2.18. The number of unbranched alkanes of at least 4 members (excludes halogenated alkanes) is 42. The third-order valence-corrected chi connectivity index (χ3v) is 15.1. The number of carbonyl (C=O) groups excluding carboxylic acids is 3. The van der Waals surface area contributed by atoms with Gasteiger partial charge >= 0.3 is 17.9 Å². The standard InChI is InChI=1S/C64H124O6/c1-6-8-9-10-11-12-13-14-15-18-23-26-29-36-41-46-51-56-64(67)70-61(58-69-63(66)55-50-45-40-35-31-30-32-37-42-47-52-59(3)4)57-68-62(65)54-49-44-39-34-28-25-22-20-17-16-19-21-24-27-33-38-43-48-53-60(5)7-2/h59-61H,6-58H2,1-5H3/t60?,61-/m0/s1. The molecular formula is C64H124O6. The summed E-state index contributed by atoms with van der Waals surface area (Å²) in [6.45, 7) is 11.5. The predicted octanol–water partition coefficient (Wildman–Crippen LogP) is 21.2. The smallest absolute Gasteiger partial charge is 0.306 e. The van der Waals surface area contributed by atoms with Crippen LogP contribution in [0.2, 0.25) is 0 Å². The Hall–Kier alpha value is -1.59. The highest BCUT2D eigenvalue weighted by molar-refractivity contribution is 5.71. The topological polar surface area (TPSA) is 78.9 Å². The summed E-state index contributed by atoms with van der Waals surface area (Å²) in [4.78, 5) is 38.3. The Labute approximate surface area is 438 Å². The van der Waals surface area contributed by atoms with Crippen LogP contribution in [0.5, 0.6) is 0 Å². The van der Waals surface area contributed by atoms with Crippen molar-refractivity contribution in [3.8, 4) is 0 Å². The van der Waals surface area contributed by atoms with E-state index in [1.54, 1.807) is 0 Å². The van der Waals surface area contributed by atoms with Gasteiger partial charge in [0.2, 0.25) is 0 Å². The first-order valence-electron chi connectivity index (χ1n) is 31.8. The lowest BCUT2D eigenvalue weighted by atomic mass is 9.99. The molecule has 2 atom stereocenters. The van der Waals surface area contributed by atoms with Crippen molar-refractivity contribution in [3.63, 3.8) is 0 Å². The molecule has 0 aliphatic rings. The molecule has 0 aliphatic carbocycles. The number of esters is 3. The van der Waals surface area contributed by atoms with Gasteiger partial charge in [0.15, 0.2) is 6.10 Å². The average Bonchev–Trinajstić information content (AvgIpc) is 3.35. The maximum atomic E-state index is 12.9. The van der Waals surface area contributed by atoms with E-state index in [0.29, 0.717) is 19.3 Å². The molecule has 0 bridgehead atoms. The molecule has 0 spiro atoms. The van der Waals surface area contributed by atoms with Crippen molar-refractivity contribution in [2.75, 3.05) is 13.2 Å². The molecule has 0 saturated carbocycles. The van der Waals surface area contributed by atoms with E-state index in [9.17, 15) is 14.4 Å². The van der Waals surface area contributed by atoms with Crippen LogP contribution in [-0.2, 0) is 28.6 Å².